The molecule has 4 atom stereocenters. The van der Waals surface area contributed by atoms with Gasteiger partial charge in [-0.25, -0.2) is 0 Å². The number of benzene rings is 3. The lowest BCUT2D eigenvalue weighted by molar-refractivity contribution is 0.0286. The van der Waals surface area contributed by atoms with Crippen molar-refractivity contribution in [2.75, 3.05) is 10.5 Å². The van der Waals surface area contributed by atoms with Crippen molar-refractivity contribution in [2.45, 2.75) is 21.5 Å². The van der Waals surface area contributed by atoms with E-state index in [4.69, 9.17) is 46.4 Å². The van der Waals surface area contributed by atoms with E-state index >= 15 is 0 Å². The van der Waals surface area contributed by atoms with Gasteiger partial charge >= 0.3 is 0 Å². The number of nitrogens with zero attached hydrogens (tertiary/aromatic N) is 2. The first-order valence-corrected chi connectivity index (χ1v) is 11.1. The number of anilines is 2. The molecule has 6 nitrogen and oxygen atoms in total. The predicted molar refractivity (Wildman–Crippen MR) is 129 cm³/mol. The van der Waals surface area contributed by atoms with E-state index in [1.165, 1.54) is 6.07 Å². The fourth-order valence-corrected chi connectivity index (χ4v) is 4.51. The summed E-state index contributed by atoms with van der Waals surface area (Å²) in [5.41, 5.74) is 0.837. The Balaban J connectivity index is 2.10. The van der Waals surface area contributed by atoms with Crippen LogP contribution in [0.3, 0.4) is 0 Å². The maximum Gasteiger partial charge on any atom is 0.101 e. The van der Waals surface area contributed by atoms with Crippen LogP contribution in [0.4, 0.5) is 11.4 Å². The molecule has 32 heavy (non-hydrogen) atoms. The van der Waals surface area contributed by atoms with Gasteiger partial charge < -0.3 is 15.6 Å². The van der Waals surface area contributed by atoms with Crippen LogP contribution < -0.4 is 10.5 Å². The standard InChI is InChI=1S/C22H18Cl4N2O4/c23-19(13-7-3-1-4-8-13)21(25)15-11-16(18(28(31)32)12-17(15)27(29)30)22(26)20(24)14-9-5-2-6-10-14/h1-12,19-22,29-30H/q-2/t19-,20+,21+,22-/m0/s1. The van der Waals surface area contributed by atoms with Gasteiger partial charge in [0.25, 0.3) is 0 Å². The van der Waals surface area contributed by atoms with E-state index in [0.717, 1.165) is 6.07 Å². The molecule has 10 heteroatoms. The Morgan fingerprint density at radius 3 is 1.38 bits per heavy atom. The van der Waals surface area contributed by atoms with Gasteiger partial charge in [0.1, 0.15) is 5.69 Å². The van der Waals surface area contributed by atoms with Crippen molar-refractivity contribution in [2.24, 2.45) is 0 Å². The van der Waals surface area contributed by atoms with Crippen LogP contribution >= 0.6 is 46.4 Å². The van der Waals surface area contributed by atoms with Gasteiger partial charge in [-0.1, -0.05) is 60.7 Å². The largest absolute Gasteiger partial charge is 0.769 e. The minimum absolute atomic E-state index is 0.0729. The summed E-state index contributed by atoms with van der Waals surface area (Å²) in [5, 5.41) is 38.5. The summed E-state index contributed by atoms with van der Waals surface area (Å²) >= 11 is 26.3. The topological polar surface area (TPSA) is 93.1 Å². The predicted octanol–water partition coefficient (Wildman–Crippen LogP) is 7.59. The molecule has 0 saturated heterocycles. The average molecular weight is 516 g/mol. The number of alkyl halides is 4. The Bertz CT molecular complexity index is 946. The number of hydrogen-bond donors (Lipinski definition) is 2. The highest BCUT2D eigenvalue weighted by atomic mass is 35.5. The highest BCUT2D eigenvalue weighted by Gasteiger charge is 2.29. The molecule has 0 bridgehead atoms. The van der Waals surface area contributed by atoms with Crippen molar-refractivity contribution in [1.82, 2.24) is 0 Å². The Morgan fingerprint density at radius 2 is 1.00 bits per heavy atom. The number of hydrogen-bond acceptors (Lipinski definition) is 6. The van der Waals surface area contributed by atoms with Crippen LogP contribution in [0.15, 0.2) is 72.8 Å². The Morgan fingerprint density at radius 1 is 0.594 bits per heavy atom. The molecule has 0 fully saturated rings. The fraction of sp³-hybridized carbons (Fsp3) is 0.182. The second kappa shape index (κ2) is 10.9. The van der Waals surface area contributed by atoms with Crippen molar-refractivity contribution in [3.05, 3.63) is 105 Å². The highest BCUT2D eigenvalue weighted by molar-refractivity contribution is 6.31. The second-order valence-electron chi connectivity index (χ2n) is 6.94. The molecule has 0 aliphatic heterocycles. The zero-order valence-corrected chi connectivity index (χ0v) is 19.4. The molecule has 3 rings (SSSR count). The first-order valence-electron chi connectivity index (χ1n) is 9.38. The summed E-state index contributed by atoms with van der Waals surface area (Å²) in [5.74, 6) is 0. The molecule has 3 aromatic rings. The SMILES string of the molecule is [O-]N([O-])c1cc(N(O)O)c([C@@H](Cl)[C@@H](Cl)c2ccccc2)cc1[C@H](Cl)[C@H](Cl)c1ccccc1. The van der Waals surface area contributed by atoms with E-state index in [2.05, 4.69) is 0 Å². The summed E-state index contributed by atoms with van der Waals surface area (Å²) in [4.78, 5) is 0. The van der Waals surface area contributed by atoms with Crippen LogP contribution in [0.25, 0.3) is 0 Å². The molecule has 0 saturated carbocycles. The first kappa shape index (κ1) is 24.9. The molecule has 0 unspecified atom stereocenters. The molecule has 0 spiro atoms. The van der Waals surface area contributed by atoms with Crippen LogP contribution in [-0.4, -0.2) is 10.4 Å². The first-order chi connectivity index (χ1) is 15.2. The van der Waals surface area contributed by atoms with Gasteiger partial charge in [0.05, 0.1) is 21.5 Å². The number of rotatable bonds is 8. The summed E-state index contributed by atoms with van der Waals surface area (Å²) in [6.45, 7) is 0. The monoisotopic (exact) mass is 514 g/mol. The third-order valence-corrected chi connectivity index (χ3v) is 7.17. The second-order valence-corrected chi connectivity index (χ2v) is 8.83. The molecular weight excluding hydrogens is 498 g/mol. The van der Waals surface area contributed by atoms with Gasteiger partial charge in [-0.05, 0) is 28.8 Å². The van der Waals surface area contributed by atoms with Gasteiger partial charge in [-0.2, -0.15) is 0 Å². The zero-order valence-electron chi connectivity index (χ0n) is 16.4. The van der Waals surface area contributed by atoms with E-state index < -0.39 is 32.4 Å². The molecule has 0 radical (unpaired) electrons. The summed E-state index contributed by atoms with van der Waals surface area (Å²) in [6, 6.07) is 20.1. The Labute approximate surface area is 205 Å². The van der Waals surface area contributed by atoms with Gasteiger partial charge in [0.2, 0.25) is 0 Å². The van der Waals surface area contributed by atoms with Crippen molar-refractivity contribution in [3.63, 3.8) is 0 Å². The highest BCUT2D eigenvalue weighted by Crippen LogP contribution is 2.49. The van der Waals surface area contributed by atoms with E-state index in [9.17, 15) is 20.8 Å². The van der Waals surface area contributed by atoms with Crippen LogP contribution in [0.2, 0.25) is 0 Å². The molecule has 0 aromatic heterocycles. The van der Waals surface area contributed by atoms with Gasteiger partial charge in [-0.3, -0.25) is 10.4 Å². The van der Waals surface area contributed by atoms with Gasteiger partial charge in [0, 0.05) is 11.3 Å². The van der Waals surface area contributed by atoms with Crippen molar-refractivity contribution in [1.29, 1.82) is 0 Å². The molecule has 2 N–H and O–H groups in total. The number of halogens is 4. The third kappa shape index (κ3) is 5.42. The summed E-state index contributed by atoms with van der Waals surface area (Å²) in [6.07, 6.45) is 0. The minimum atomic E-state index is -1.02. The Kier molecular flexibility index (Phi) is 8.49. The molecule has 170 valence electrons. The van der Waals surface area contributed by atoms with Crippen molar-refractivity contribution in [3.8, 4) is 0 Å². The van der Waals surface area contributed by atoms with E-state index in [1.807, 2.05) is 12.1 Å². The van der Waals surface area contributed by atoms with Crippen molar-refractivity contribution < 1.29 is 10.4 Å². The summed E-state index contributed by atoms with van der Waals surface area (Å²) < 4.78 is 0. The van der Waals surface area contributed by atoms with Crippen LogP contribution in [0.5, 0.6) is 0 Å². The third-order valence-electron chi connectivity index (χ3n) is 4.93. The molecule has 0 amide bonds. The fourth-order valence-electron chi connectivity index (χ4n) is 3.31. The van der Waals surface area contributed by atoms with E-state index in [-0.39, 0.29) is 22.0 Å². The molecule has 3 aromatic carbocycles. The lowest BCUT2D eigenvalue weighted by Gasteiger charge is -2.41. The van der Waals surface area contributed by atoms with Crippen molar-refractivity contribution >= 4 is 57.8 Å². The van der Waals surface area contributed by atoms with Gasteiger partial charge in [0.15, 0.2) is 0 Å². The average Bonchev–Trinajstić information content (AvgIpc) is 2.82. The quantitative estimate of drug-likeness (QED) is 0.237. The summed E-state index contributed by atoms with van der Waals surface area (Å²) in [7, 11) is 0. The lowest BCUT2D eigenvalue weighted by atomic mass is 9.95. The molecule has 0 aliphatic rings. The van der Waals surface area contributed by atoms with Crippen LogP contribution in [0, 0.1) is 10.4 Å². The lowest BCUT2D eigenvalue weighted by Crippen LogP contribution is -2.18. The van der Waals surface area contributed by atoms with E-state index in [0.29, 0.717) is 11.1 Å². The van der Waals surface area contributed by atoms with Crippen LogP contribution in [0.1, 0.15) is 43.8 Å². The normalized spacial score (nSPS) is 15.0. The maximum atomic E-state index is 11.8. The zero-order chi connectivity index (χ0) is 23.4. The Hall–Kier alpha value is -1.74. The molecule has 0 heterocycles. The minimum Gasteiger partial charge on any atom is -0.769 e. The molecule has 0 aliphatic carbocycles. The maximum absolute atomic E-state index is 11.8. The smallest absolute Gasteiger partial charge is 0.101 e. The molecular formula is C22H18Cl4N2O4-2. The van der Waals surface area contributed by atoms with E-state index in [1.54, 1.807) is 48.5 Å². The van der Waals surface area contributed by atoms with Crippen LogP contribution in [-0.2, 0) is 0 Å². The van der Waals surface area contributed by atoms with Gasteiger partial charge in [-0.15, -0.1) is 51.6 Å².